The number of carbonyl (C=O) groups excluding carboxylic acids is 1. The first-order valence-corrected chi connectivity index (χ1v) is 5.39. The van der Waals surface area contributed by atoms with E-state index in [1.807, 2.05) is 4.90 Å². The maximum atomic E-state index is 11.9. The highest BCUT2D eigenvalue weighted by atomic mass is 16.3. The molecule has 2 aliphatic heterocycles. The first-order chi connectivity index (χ1) is 6.70. The molecule has 80 valence electrons. The van der Waals surface area contributed by atoms with Crippen molar-refractivity contribution >= 4 is 5.91 Å². The van der Waals surface area contributed by atoms with E-state index in [0.29, 0.717) is 0 Å². The van der Waals surface area contributed by atoms with Crippen LogP contribution in [0, 0.1) is 5.92 Å². The van der Waals surface area contributed by atoms with Crippen molar-refractivity contribution in [3.63, 3.8) is 0 Å². The topological polar surface area (TPSA) is 52.6 Å². The Hall–Kier alpha value is -0.610. The second kappa shape index (κ2) is 3.87. The number of carbonyl (C=O) groups is 1. The van der Waals surface area contributed by atoms with Crippen LogP contribution in [0.1, 0.15) is 19.8 Å². The molecule has 0 saturated carbocycles. The molecule has 2 rings (SSSR count). The van der Waals surface area contributed by atoms with E-state index in [-0.39, 0.29) is 17.9 Å². The fourth-order valence-electron chi connectivity index (χ4n) is 2.27. The van der Waals surface area contributed by atoms with E-state index in [4.69, 9.17) is 0 Å². The molecule has 2 saturated heterocycles. The molecular weight excluding hydrogens is 180 g/mol. The average Bonchev–Trinajstić information content (AvgIpc) is 2.47. The van der Waals surface area contributed by atoms with Crippen molar-refractivity contribution in [2.24, 2.45) is 5.92 Å². The minimum Gasteiger partial charge on any atom is -0.391 e. The molecule has 2 heterocycles. The molecule has 0 bridgehead atoms. The van der Waals surface area contributed by atoms with Gasteiger partial charge in [0.2, 0.25) is 5.91 Å². The van der Waals surface area contributed by atoms with Crippen LogP contribution >= 0.6 is 0 Å². The second-order valence-corrected chi connectivity index (χ2v) is 4.34. The van der Waals surface area contributed by atoms with Gasteiger partial charge in [-0.15, -0.1) is 0 Å². The van der Waals surface area contributed by atoms with Crippen LogP contribution in [0.15, 0.2) is 0 Å². The minimum absolute atomic E-state index is 0.0584. The Morgan fingerprint density at radius 3 is 2.79 bits per heavy atom. The third kappa shape index (κ3) is 1.64. The number of aliphatic hydroxyl groups is 1. The number of rotatable bonds is 2. The van der Waals surface area contributed by atoms with Crippen LogP contribution in [0.4, 0.5) is 0 Å². The van der Waals surface area contributed by atoms with Crippen molar-refractivity contribution in [3.05, 3.63) is 0 Å². The van der Waals surface area contributed by atoms with Gasteiger partial charge >= 0.3 is 0 Å². The highest BCUT2D eigenvalue weighted by molar-refractivity contribution is 5.80. The molecule has 0 aromatic heterocycles. The summed E-state index contributed by atoms with van der Waals surface area (Å²) >= 11 is 0. The molecule has 4 nitrogen and oxygen atoms in total. The Bertz CT molecular complexity index is 226. The smallest absolute Gasteiger partial charge is 0.228 e. The van der Waals surface area contributed by atoms with E-state index in [1.54, 1.807) is 6.92 Å². The quantitative estimate of drug-likeness (QED) is 0.633. The SMILES string of the molecule is C[C@H](O)[C@H]1CCCN1C(=O)C1CNC1. The van der Waals surface area contributed by atoms with Crippen molar-refractivity contribution in [2.75, 3.05) is 19.6 Å². The largest absolute Gasteiger partial charge is 0.391 e. The molecule has 0 radical (unpaired) electrons. The molecule has 0 aliphatic carbocycles. The Morgan fingerprint density at radius 1 is 1.57 bits per heavy atom. The zero-order valence-corrected chi connectivity index (χ0v) is 8.57. The van der Waals surface area contributed by atoms with Crippen molar-refractivity contribution in [2.45, 2.75) is 31.9 Å². The molecule has 1 amide bonds. The van der Waals surface area contributed by atoms with E-state index in [2.05, 4.69) is 5.32 Å². The zero-order chi connectivity index (χ0) is 10.1. The van der Waals surface area contributed by atoms with Crippen LogP contribution in [0.3, 0.4) is 0 Å². The third-order valence-corrected chi connectivity index (χ3v) is 3.27. The molecule has 0 spiro atoms. The Kier molecular flexibility index (Phi) is 2.74. The van der Waals surface area contributed by atoms with Crippen LogP contribution in [-0.2, 0) is 4.79 Å². The van der Waals surface area contributed by atoms with Gasteiger partial charge in [-0.1, -0.05) is 0 Å². The lowest BCUT2D eigenvalue weighted by atomic mass is 10.0. The summed E-state index contributed by atoms with van der Waals surface area (Å²) < 4.78 is 0. The molecule has 14 heavy (non-hydrogen) atoms. The predicted molar refractivity (Wildman–Crippen MR) is 52.8 cm³/mol. The van der Waals surface area contributed by atoms with Crippen LogP contribution < -0.4 is 5.32 Å². The van der Waals surface area contributed by atoms with E-state index in [0.717, 1.165) is 32.5 Å². The zero-order valence-electron chi connectivity index (χ0n) is 8.57. The normalized spacial score (nSPS) is 30.1. The number of nitrogens with one attached hydrogen (secondary N) is 1. The number of likely N-dealkylation sites (tertiary alicyclic amines) is 1. The fourth-order valence-corrected chi connectivity index (χ4v) is 2.27. The summed E-state index contributed by atoms with van der Waals surface area (Å²) in [4.78, 5) is 13.8. The maximum absolute atomic E-state index is 11.9. The van der Waals surface area contributed by atoms with Gasteiger partial charge in [-0.3, -0.25) is 4.79 Å². The van der Waals surface area contributed by atoms with Gasteiger partial charge in [0.15, 0.2) is 0 Å². The molecule has 4 heteroatoms. The average molecular weight is 198 g/mol. The summed E-state index contributed by atoms with van der Waals surface area (Å²) in [6.45, 7) is 4.21. The lowest BCUT2D eigenvalue weighted by Gasteiger charge is -2.34. The summed E-state index contributed by atoms with van der Waals surface area (Å²) in [6.07, 6.45) is 1.58. The third-order valence-electron chi connectivity index (χ3n) is 3.27. The van der Waals surface area contributed by atoms with E-state index in [9.17, 15) is 9.90 Å². The summed E-state index contributed by atoms with van der Waals surface area (Å²) in [5.74, 6) is 0.390. The number of amides is 1. The van der Waals surface area contributed by atoms with E-state index < -0.39 is 6.10 Å². The first kappa shape index (κ1) is 9.93. The Labute approximate surface area is 84.3 Å². The first-order valence-electron chi connectivity index (χ1n) is 5.39. The second-order valence-electron chi connectivity index (χ2n) is 4.34. The molecule has 2 N–H and O–H groups in total. The molecule has 0 unspecified atom stereocenters. The molecule has 2 aliphatic rings. The molecule has 2 fully saturated rings. The molecule has 0 aromatic carbocycles. The highest BCUT2D eigenvalue weighted by Crippen LogP contribution is 2.23. The maximum Gasteiger partial charge on any atom is 0.228 e. The number of hydrogen-bond donors (Lipinski definition) is 2. The van der Waals surface area contributed by atoms with Gasteiger partial charge in [-0.2, -0.15) is 0 Å². The van der Waals surface area contributed by atoms with Gasteiger partial charge in [-0.25, -0.2) is 0 Å². The monoisotopic (exact) mass is 198 g/mol. The van der Waals surface area contributed by atoms with Crippen molar-refractivity contribution in [1.29, 1.82) is 0 Å². The predicted octanol–water partition coefficient (Wildman–Crippen LogP) is -0.422. The van der Waals surface area contributed by atoms with Gasteiger partial charge in [0, 0.05) is 19.6 Å². The number of aliphatic hydroxyl groups excluding tert-OH is 1. The Morgan fingerprint density at radius 2 is 2.29 bits per heavy atom. The molecule has 0 aromatic rings. The van der Waals surface area contributed by atoms with Crippen molar-refractivity contribution in [1.82, 2.24) is 10.2 Å². The van der Waals surface area contributed by atoms with E-state index >= 15 is 0 Å². The van der Waals surface area contributed by atoms with Crippen LogP contribution in [-0.4, -0.2) is 47.7 Å². The van der Waals surface area contributed by atoms with Crippen LogP contribution in [0.2, 0.25) is 0 Å². The lowest BCUT2D eigenvalue weighted by Crippen LogP contribution is -2.54. The molecular formula is C10H18N2O2. The highest BCUT2D eigenvalue weighted by Gasteiger charge is 2.37. The lowest BCUT2D eigenvalue weighted by molar-refractivity contribution is -0.139. The van der Waals surface area contributed by atoms with Crippen LogP contribution in [0.5, 0.6) is 0 Å². The standard InChI is InChI=1S/C10H18N2O2/c1-7(13)9-3-2-4-12(9)10(14)8-5-11-6-8/h7-9,11,13H,2-6H2,1H3/t7-,9+/m0/s1. The summed E-state index contributed by atoms with van der Waals surface area (Å²) in [5, 5.41) is 12.6. The fraction of sp³-hybridized carbons (Fsp3) is 0.900. The minimum atomic E-state index is -0.394. The van der Waals surface area contributed by atoms with Gasteiger partial charge < -0.3 is 15.3 Å². The number of nitrogens with zero attached hydrogens (tertiary/aromatic N) is 1. The summed E-state index contributed by atoms with van der Waals surface area (Å²) in [6, 6.07) is 0.0584. The summed E-state index contributed by atoms with van der Waals surface area (Å²) in [7, 11) is 0. The van der Waals surface area contributed by atoms with Crippen LogP contribution in [0.25, 0.3) is 0 Å². The number of hydrogen-bond acceptors (Lipinski definition) is 3. The Balaban J connectivity index is 1.97. The van der Waals surface area contributed by atoms with Crippen molar-refractivity contribution < 1.29 is 9.90 Å². The van der Waals surface area contributed by atoms with E-state index in [1.165, 1.54) is 0 Å². The summed E-state index contributed by atoms with van der Waals surface area (Å²) in [5.41, 5.74) is 0. The molecule has 2 atom stereocenters. The van der Waals surface area contributed by atoms with Gasteiger partial charge in [0.1, 0.15) is 0 Å². The van der Waals surface area contributed by atoms with Gasteiger partial charge in [-0.05, 0) is 19.8 Å². The van der Waals surface area contributed by atoms with Gasteiger partial charge in [0.25, 0.3) is 0 Å². The van der Waals surface area contributed by atoms with Crippen molar-refractivity contribution in [3.8, 4) is 0 Å². The van der Waals surface area contributed by atoms with Gasteiger partial charge in [0.05, 0.1) is 18.1 Å².